The molecule has 0 heteroatoms. The van der Waals surface area contributed by atoms with Crippen LogP contribution in [0.25, 0.3) is 0 Å². The Morgan fingerprint density at radius 3 is 2.67 bits per heavy atom. The minimum atomic E-state index is 0.470. The first-order valence-corrected chi connectivity index (χ1v) is 9.32. The molecule has 3 saturated carbocycles. The van der Waals surface area contributed by atoms with Crippen molar-refractivity contribution in [2.24, 2.45) is 40.4 Å². The monoisotopic (exact) mass is 284 g/mol. The molecule has 116 valence electrons. The average Bonchev–Trinajstić information content (AvgIpc) is 2.76. The van der Waals surface area contributed by atoms with E-state index >= 15 is 0 Å². The maximum absolute atomic E-state index is 4.23. The molecule has 21 heavy (non-hydrogen) atoms. The molecule has 4 aliphatic carbocycles. The molecule has 0 heterocycles. The van der Waals surface area contributed by atoms with E-state index in [0.29, 0.717) is 10.8 Å². The van der Waals surface area contributed by atoms with Gasteiger partial charge in [-0.05, 0) is 85.4 Å². The fourth-order valence-electron chi connectivity index (χ4n) is 7.00. The number of allylic oxidation sites excluding steroid dienone is 3. The molecule has 0 aromatic rings. The van der Waals surface area contributed by atoms with Crippen molar-refractivity contribution >= 4 is 0 Å². The molecule has 0 N–H and O–H groups in total. The number of rotatable bonds is 0. The zero-order valence-corrected chi connectivity index (χ0v) is 14.2. The second-order valence-electron chi connectivity index (χ2n) is 9.24. The molecule has 0 aromatic heterocycles. The van der Waals surface area contributed by atoms with Crippen LogP contribution < -0.4 is 0 Å². The van der Waals surface area contributed by atoms with Crippen LogP contribution in [0.5, 0.6) is 0 Å². The van der Waals surface area contributed by atoms with Gasteiger partial charge in [-0.25, -0.2) is 0 Å². The van der Waals surface area contributed by atoms with E-state index < -0.39 is 0 Å². The summed E-state index contributed by atoms with van der Waals surface area (Å²) in [5.41, 5.74) is 2.50. The van der Waals surface area contributed by atoms with Gasteiger partial charge in [0.1, 0.15) is 0 Å². The van der Waals surface area contributed by atoms with E-state index in [1.165, 1.54) is 50.5 Å². The Morgan fingerprint density at radius 1 is 1.05 bits per heavy atom. The fourth-order valence-corrected chi connectivity index (χ4v) is 7.00. The third kappa shape index (κ3) is 1.80. The topological polar surface area (TPSA) is 0 Å². The highest BCUT2D eigenvalue weighted by Crippen LogP contribution is 2.66. The van der Waals surface area contributed by atoms with E-state index in [-0.39, 0.29) is 0 Å². The maximum atomic E-state index is 4.23. The van der Waals surface area contributed by atoms with Gasteiger partial charge in [-0.3, -0.25) is 0 Å². The normalized spacial score (nSPS) is 55.8. The quantitative estimate of drug-likeness (QED) is 0.512. The zero-order chi connectivity index (χ0) is 14.8. The highest BCUT2D eigenvalue weighted by atomic mass is 14.6. The van der Waals surface area contributed by atoms with Gasteiger partial charge in [0.15, 0.2) is 0 Å². The van der Waals surface area contributed by atoms with Crippen molar-refractivity contribution < 1.29 is 0 Å². The van der Waals surface area contributed by atoms with Crippen LogP contribution >= 0.6 is 0 Å². The van der Waals surface area contributed by atoms with Crippen molar-refractivity contribution in [3.63, 3.8) is 0 Å². The third-order valence-corrected chi connectivity index (χ3v) is 8.62. The fraction of sp³-hybridized carbons (Fsp3) is 0.810. The van der Waals surface area contributed by atoms with Gasteiger partial charge in [0, 0.05) is 0 Å². The van der Waals surface area contributed by atoms with Crippen LogP contribution in [0.2, 0.25) is 0 Å². The van der Waals surface area contributed by atoms with Crippen LogP contribution in [0.1, 0.15) is 65.7 Å². The highest BCUT2D eigenvalue weighted by Gasteiger charge is 2.58. The van der Waals surface area contributed by atoms with E-state index in [0.717, 1.165) is 29.6 Å². The molecule has 0 saturated heterocycles. The lowest BCUT2D eigenvalue weighted by molar-refractivity contribution is -0.0746. The summed E-state index contributed by atoms with van der Waals surface area (Å²) < 4.78 is 0. The Morgan fingerprint density at radius 2 is 1.86 bits per heavy atom. The van der Waals surface area contributed by atoms with Gasteiger partial charge in [0.2, 0.25) is 0 Å². The molecule has 0 nitrogen and oxygen atoms in total. The molecule has 0 aromatic carbocycles. The first-order valence-electron chi connectivity index (χ1n) is 9.32. The largest absolute Gasteiger partial charge is 0.0958 e. The standard InChI is InChI=1S/C21H32/c1-14-9-11-21(4)16(13-14)6-7-17-18-8-5-15(2)20(18,3)12-10-19(17)21/h9,11,15-19H,1,5-8,10,12-13H2,2-4H3/t15-,16?,17+,18+,19+,20-,21+/m1/s1. The summed E-state index contributed by atoms with van der Waals surface area (Å²) in [5, 5.41) is 0. The predicted octanol–water partition coefficient (Wildman–Crippen LogP) is 6.00. The molecule has 7 atom stereocenters. The Labute approximate surface area is 131 Å². The number of hydrogen-bond donors (Lipinski definition) is 0. The predicted molar refractivity (Wildman–Crippen MR) is 89.9 cm³/mol. The third-order valence-electron chi connectivity index (χ3n) is 8.62. The summed E-state index contributed by atoms with van der Waals surface area (Å²) in [5.74, 6) is 4.80. The molecular formula is C21H32. The lowest BCUT2D eigenvalue weighted by atomic mass is 9.46. The van der Waals surface area contributed by atoms with E-state index in [1.54, 1.807) is 0 Å². The molecule has 1 unspecified atom stereocenters. The van der Waals surface area contributed by atoms with Crippen LogP contribution in [0.15, 0.2) is 24.3 Å². The number of fused-ring (bicyclic) bond motifs is 5. The second-order valence-corrected chi connectivity index (χ2v) is 9.24. The van der Waals surface area contributed by atoms with Crippen LogP contribution in [0.4, 0.5) is 0 Å². The van der Waals surface area contributed by atoms with Crippen molar-refractivity contribution in [1.29, 1.82) is 0 Å². The van der Waals surface area contributed by atoms with Crippen molar-refractivity contribution in [2.75, 3.05) is 0 Å². The minimum Gasteiger partial charge on any atom is -0.0958 e. The zero-order valence-electron chi connectivity index (χ0n) is 14.2. The van der Waals surface area contributed by atoms with Gasteiger partial charge in [0.05, 0.1) is 0 Å². The van der Waals surface area contributed by atoms with Crippen LogP contribution in [-0.2, 0) is 0 Å². The Kier molecular flexibility index (Phi) is 3.02. The molecule has 0 radical (unpaired) electrons. The maximum Gasteiger partial charge on any atom is -0.00809 e. The molecule has 0 amide bonds. The van der Waals surface area contributed by atoms with Gasteiger partial charge in [0.25, 0.3) is 0 Å². The summed E-state index contributed by atoms with van der Waals surface area (Å²) >= 11 is 0. The molecule has 4 aliphatic rings. The molecule has 0 spiro atoms. The van der Waals surface area contributed by atoms with Crippen molar-refractivity contribution in [3.05, 3.63) is 24.3 Å². The van der Waals surface area contributed by atoms with Gasteiger partial charge < -0.3 is 0 Å². The summed E-state index contributed by atoms with van der Waals surface area (Å²) in [6.07, 6.45) is 15.1. The van der Waals surface area contributed by atoms with Gasteiger partial charge >= 0.3 is 0 Å². The number of hydrogen-bond acceptors (Lipinski definition) is 0. The van der Waals surface area contributed by atoms with Crippen molar-refractivity contribution in [3.8, 4) is 0 Å². The Hall–Kier alpha value is -0.520. The van der Waals surface area contributed by atoms with E-state index in [9.17, 15) is 0 Å². The van der Waals surface area contributed by atoms with Crippen molar-refractivity contribution in [1.82, 2.24) is 0 Å². The smallest absolute Gasteiger partial charge is 0.00809 e. The van der Waals surface area contributed by atoms with Gasteiger partial charge in [-0.1, -0.05) is 45.1 Å². The van der Waals surface area contributed by atoms with Crippen molar-refractivity contribution in [2.45, 2.75) is 65.7 Å². The van der Waals surface area contributed by atoms with Crippen LogP contribution in [0.3, 0.4) is 0 Å². The lowest BCUT2D eigenvalue weighted by Crippen LogP contribution is -2.51. The Balaban J connectivity index is 1.68. The first kappa shape index (κ1) is 14.1. The van der Waals surface area contributed by atoms with E-state index in [2.05, 4.69) is 39.5 Å². The molecule has 3 fully saturated rings. The Bertz CT molecular complexity index is 486. The molecule has 0 bridgehead atoms. The summed E-state index contributed by atoms with van der Waals surface area (Å²) in [7, 11) is 0. The summed E-state index contributed by atoms with van der Waals surface area (Å²) in [6.45, 7) is 12.0. The summed E-state index contributed by atoms with van der Waals surface area (Å²) in [4.78, 5) is 0. The van der Waals surface area contributed by atoms with Crippen LogP contribution in [-0.4, -0.2) is 0 Å². The second kappa shape index (κ2) is 4.49. The first-order chi connectivity index (χ1) is 9.95. The summed E-state index contributed by atoms with van der Waals surface area (Å²) in [6, 6.07) is 0. The minimum absolute atomic E-state index is 0.470. The molecule has 0 aliphatic heterocycles. The van der Waals surface area contributed by atoms with Crippen LogP contribution in [0, 0.1) is 40.4 Å². The van der Waals surface area contributed by atoms with E-state index in [4.69, 9.17) is 0 Å². The van der Waals surface area contributed by atoms with Gasteiger partial charge in [-0.15, -0.1) is 0 Å². The average molecular weight is 284 g/mol. The molecular weight excluding hydrogens is 252 g/mol. The highest BCUT2D eigenvalue weighted by molar-refractivity contribution is 5.26. The molecule has 4 rings (SSSR count). The van der Waals surface area contributed by atoms with Gasteiger partial charge in [-0.2, -0.15) is 0 Å². The lowest BCUT2D eigenvalue weighted by Gasteiger charge is -2.59. The SMILES string of the molecule is C=C1C=C[C@@]2(C)C(CC[C@H]3[C@@H]4CC[C@@H](C)[C@@]4(C)CC[C@@H]32)C1. The van der Waals surface area contributed by atoms with E-state index in [1.807, 2.05) is 0 Å².